The van der Waals surface area contributed by atoms with Crippen molar-refractivity contribution in [3.63, 3.8) is 0 Å². The summed E-state index contributed by atoms with van der Waals surface area (Å²) in [7, 11) is 0. The first-order valence-corrected chi connectivity index (χ1v) is 32.3. The van der Waals surface area contributed by atoms with Crippen LogP contribution in [-0.4, -0.2) is 140 Å². The molecule has 0 aliphatic carbocycles. The zero-order valence-corrected chi connectivity index (χ0v) is 51.1. The van der Waals surface area contributed by atoms with Gasteiger partial charge in [-0.25, -0.2) is 0 Å². The van der Waals surface area contributed by atoms with Gasteiger partial charge in [0.05, 0.1) is 32.0 Å². The Labute approximate surface area is 501 Å². The van der Waals surface area contributed by atoms with Gasteiger partial charge in [-0.2, -0.15) is 0 Å². The highest BCUT2D eigenvalue weighted by Crippen LogP contribution is 2.30. The predicted molar refractivity (Wildman–Crippen MR) is 336 cm³/mol. The number of ether oxygens (including phenoxy) is 4. The van der Waals surface area contributed by atoms with Crippen LogP contribution in [-0.2, 0) is 23.7 Å². The lowest BCUT2D eigenvalue weighted by Gasteiger charge is -2.46. The summed E-state index contributed by atoms with van der Waals surface area (Å²) in [5.74, 6) is -0.278. The molecule has 14 heteroatoms. The molecule has 2 saturated heterocycles. The Morgan fingerprint density at radius 3 is 1.33 bits per heavy atom. The van der Waals surface area contributed by atoms with Crippen molar-refractivity contribution in [3.05, 3.63) is 122 Å². The van der Waals surface area contributed by atoms with Crippen LogP contribution in [0.3, 0.4) is 0 Å². The van der Waals surface area contributed by atoms with Crippen molar-refractivity contribution in [3.8, 4) is 0 Å². The molecule has 12 unspecified atom stereocenters. The fourth-order valence-corrected chi connectivity index (χ4v) is 9.73. The highest BCUT2D eigenvalue weighted by Gasteiger charge is 2.51. The summed E-state index contributed by atoms with van der Waals surface area (Å²) in [6, 6.07) is -0.956. The van der Waals surface area contributed by atoms with Gasteiger partial charge in [0.1, 0.15) is 48.8 Å². The molecular formula is C69H115NO13. The molecule has 0 aromatic rings. The van der Waals surface area contributed by atoms with Gasteiger partial charge in [0.2, 0.25) is 5.91 Å². The van der Waals surface area contributed by atoms with Crippen LogP contribution in [0.15, 0.2) is 122 Å². The number of amides is 1. The van der Waals surface area contributed by atoms with Crippen molar-refractivity contribution >= 4 is 5.91 Å². The maximum Gasteiger partial charge on any atom is 0.220 e. The first-order chi connectivity index (χ1) is 40.6. The number of aliphatic hydroxyl groups excluding tert-OH is 8. The molecule has 83 heavy (non-hydrogen) atoms. The van der Waals surface area contributed by atoms with E-state index in [9.17, 15) is 45.6 Å². The average Bonchev–Trinajstić information content (AvgIpc) is 3.65. The first kappa shape index (κ1) is 75.5. The summed E-state index contributed by atoms with van der Waals surface area (Å²) < 4.78 is 22.8. The molecule has 2 fully saturated rings. The van der Waals surface area contributed by atoms with E-state index in [0.717, 1.165) is 89.9 Å². The maximum absolute atomic E-state index is 13.3. The van der Waals surface area contributed by atoms with Crippen LogP contribution in [0.2, 0.25) is 0 Å². The van der Waals surface area contributed by atoms with Crippen LogP contribution in [0.4, 0.5) is 0 Å². The predicted octanol–water partition coefficient (Wildman–Crippen LogP) is 12.2. The topological polar surface area (TPSA) is 228 Å². The molecule has 12 atom stereocenters. The molecule has 0 aromatic heterocycles. The molecule has 0 saturated carbocycles. The summed E-state index contributed by atoms with van der Waals surface area (Å²) in [6.07, 6.45) is 59.5. The largest absolute Gasteiger partial charge is 0.394 e. The normalized spacial score (nSPS) is 24.7. The minimum Gasteiger partial charge on any atom is -0.394 e. The fourth-order valence-electron chi connectivity index (χ4n) is 9.73. The van der Waals surface area contributed by atoms with Gasteiger partial charge < -0.3 is 65.1 Å². The van der Waals surface area contributed by atoms with Gasteiger partial charge in [0.25, 0.3) is 0 Å². The minimum absolute atomic E-state index is 0.235. The zero-order chi connectivity index (χ0) is 60.2. The summed E-state index contributed by atoms with van der Waals surface area (Å²) >= 11 is 0. The van der Waals surface area contributed by atoms with Gasteiger partial charge in [-0.05, 0) is 96.3 Å². The van der Waals surface area contributed by atoms with E-state index in [4.69, 9.17) is 18.9 Å². The second-order valence-corrected chi connectivity index (χ2v) is 22.1. The smallest absolute Gasteiger partial charge is 0.220 e. The highest BCUT2D eigenvalue weighted by atomic mass is 16.7. The van der Waals surface area contributed by atoms with E-state index >= 15 is 0 Å². The average molecular weight is 1170 g/mol. The molecule has 1 amide bonds. The van der Waals surface area contributed by atoms with Crippen molar-refractivity contribution in [2.45, 2.75) is 286 Å². The van der Waals surface area contributed by atoms with Crippen molar-refractivity contribution < 1.29 is 64.6 Å². The lowest BCUT2D eigenvalue weighted by Crippen LogP contribution is -2.65. The third-order valence-electron chi connectivity index (χ3n) is 14.9. The van der Waals surface area contributed by atoms with E-state index in [0.29, 0.717) is 12.8 Å². The molecular weight excluding hydrogens is 1050 g/mol. The Morgan fingerprint density at radius 1 is 0.446 bits per heavy atom. The van der Waals surface area contributed by atoms with Crippen LogP contribution in [0, 0.1) is 0 Å². The molecule has 2 aliphatic heterocycles. The SMILES string of the molecule is CC/C=C\C/C=C\C/C=C\C/C=C\C/C=C\C/C=C\C/C=C\C/C=C\CCCCCCC(=O)NC(COC1OC(CO)C(OC2OC(CO)C(O)C(O)C2O)C(O)C1O)C(O)/C=C/CC/C=C/CCCCCCCCCCCCCCCC. The van der Waals surface area contributed by atoms with Gasteiger partial charge in [-0.3, -0.25) is 4.79 Å². The highest BCUT2D eigenvalue weighted by molar-refractivity contribution is 5.76. The summed E-state index contributed by atoms with van der Waals surface area (Å²) in [4.78, 5) is 13.3. The van der Waals surface area contributed by atoms with Crippen molar-refractivity contribution in [1.82, 2.24) is 5.32 Å². The minimum atomic E-state index is -1.80. The van der Waals surface area contributed by atoms with Crippen LogP contribution in [0.5, 0.6) is 0 Å². The zero-order valence-electron chi connectivity index (χ0n) is 51.1. The number of unbranched alkanes of at least 4 members (excludes halogenated alkanes) is 19. The molecule has 0 aromatic carbocycles. The molecule has 0 bridgehead atoms. The van der Waals surface area contributed by atoms with Crippen LogP contribution in [0.1, 0.15) is 213 Å². The van der Waals surface area contributed by atoms with Gasteiger partial charge >= 0.3 is 0 Å². The number of hydrogen-bond donors (Lipinski definition) is 9. The monoisotopic (exact) mass is 1170 g/mol. The van der Waals surface area contributed by atoms with Crippen LogP contribution in [0.25, 0.3) is 0 Å². The van der Waals surface area contributed by atoms with Crippen molar-refractivity contribution in [2.75, 3.05) is 19.8 Å². The Bertz CT molecular complexity index is 1850. The van der Waals surface area contributed by atoms with Crippen LogP contribution >= 0.6 is 0 Å². The third kappa shape index (κ3) is 37.5. The Morgan fingerprint density at radius 2 is 0.843 bits per heavy atom. The van der Waals surface area contributed by atoms with Crippen molar-refractivity contribution in [2.24, 2.45) is 0 Å². The van der Waals surface area contributed by atoms with E-state index < -0.39 is 86.8 Å². The van der Waals surface area contributed by atoms with E-state index in [1.54, 1.807) is 6.08 Å². The summed E-state index contributed by atoms with van der Waals surface area (Å²) in [5, 5.41) is 87.2. The second-order valence-electron chi connectivity index (χ2n) is 22.1. The number of hydrogen-bond acceptors (Lipinski definition) is 13. The van der Waals surface area contributed by atoms with E-state index in [1.807, 2.05) is 6.08 Å². The van der Waals surface area contributed by atoms with Gasteiger partial charge in [-0.1, -0.05) is 232 Å². The molecule has 9 N–H and O–H groups in total. The lowest BCUT2D eigenvalue weighted by molar-refractivity contribution is -0.359. The maximum atomic E-state index is 13.3. The number of aliphatic hydroxyl groups is 8. The second kappa shape index (κ2) is 52.7. The van der Waals surface area contributed by atoms with Gasteiger partial charge in [0, 0.05) is 6.42 Å². The number of nitrogens with one attached hydrogen (secondary N) is 1. The molecule has 0 spiro atoms. The quantitative estimate of drug-likeness (QED) is 0.0204. The van der Waals surface area contributed by atoms with Crippen molar-refractivity contribution in [1.29, 1.82) is 0 Å². The Balaban J connectivity index is 1.76. The van der Waals surface area contributed by atoms with E-state index in [2.05, 4.69) is 129 Å². The van der Waals surface area contributed by atoms with Crippen LogP contribution < -0.4 is 5.32 Å². The van der Waals surface area contributed by atoms with Gasteiger partial charge in [0.15, 0.2) is 12.6 Å². The molecule has 0 radical (unpaired) electrons. The molecule has 2 aliphatic rings. The third-order valence-corrected chi connectivity index (χ3v) is 14.9. The number of allylic oxidation sites excluding steroid dienone is 19. The molecule has 474 valence electrons. The Hall–Kier alpha value is -3.61. The molecule has 2 rings (SSSR count). The number of rotatable bonds is 50. The standard InChI is InChI=1S/C69H115NO13/c1-3-5-7-9-11-13-15-17-19-21-23-25-26-27-28-29-30-31-32-33-35-37-39-41-43-45-47-49-51-53-61(74)70-57(58(73)52-50-48-46-44-42-40-38-36-34-24-22-20-18-16-14-12-10-8-6-4-2)56-80-68-66(79)64(77)67(60(55-72)82-68)83-69-65(78)63(76)62(75)59(54-71)81-69/h5,7,11,13,17,19,23,25,27-28,30-31,33,35,39,41-42,44,50,52,57-60,62-69,71-73,75-79H,3-4,6,8-10,12,14-16,18,20-22,24,26,29,32,34,36-38,40,43,45-49,51,53-56H2,1-2H3,(H,70,74)/b7-5-,13-11-,19-17-,25-23-,28-27-,31-30-,35-33-,41-39-,44-42+,52-50+. The summed E-state index contributed by atoms with van der Waals surface area (Å²) in [5.41, 5.74) is 0. The number of carbonyl (C=O) groups is 1. The van der Waals surface area contributed by atoms with E-state index in [-0.39, 0.29) is 18.9 Å². The summed E-state index contributed by atoms with van der Waals surface area (Å²) in [6.45, 7) is 2.64. The first-order valence-electron chi connectivity index (χ1n) is 32.3. The lowest BCUT2D eigenvalue weighted by atomic mass is 9.97. The van der Waals surface area contributed by atoms with E-state index in [1.165, 1.54) is 89.9 Å². The molecule has 14 nitrogen and oxygen atoms in total. The number of carbonyl (C=O) groups excluding carboxylic acids is 1. The molecule has 2 heterocycles. The fraction of sp³-hybridized carbons (Fsp3) is 0.696. The van der Waals surface area contributed by atoms with Gasteiger partial charge in [-0.15, -0.1) is 0 Å². The Kier molecular flexibility index (Phi) is 47.9.